The van der Waals surface area contributed by atoms with Crippen LogP contribution in [0.5, 0.6) is 0 Å². The molecule has 0 aliphatic heterocycles. The molecular formula is C30H30F4N6O. The Kier molecular flexibility index (Phi) is 8.20. The predicted octanol–water partition coefficient (Wildman–Crippen LogP) is 5.29. The third-order valence-corrected chi connectivity index (χ3v) is 7.05. The first-order valence-electron chi connectivity index (χ1n) is 13.3. The lowest BCUT2D eigenvalue weighted by Gasteiger charge is -2.21. The largest absolute Gasteiger partial charge is 0.435 e. The quantitative estimate of drug-likeness (QED) is 0.195. The van der Waals surface area contributed by atoms with E-state index < -0.39 is 29.3 Å². The number of aromatic nitrogens is 2. The number of nitrogens with two attached hydrogens (primary N) is 2. The second kappa shape index (κ2) is 11.8. The molecule has 5 rings (SSSR count). The van der Waals surface area contributed by atoms with Crippen molar-refractivity contribution in [2.24, 2.45) is 17.4 Å². The van der Waals surface area contributed by atoms with Gasteiger partial charge < -0.3 is 22.1 Å². The van der Waals surface area contributed by atoms with E-state index >= 15 is 0 Å². The second-order valence-electron chi connectivity index (χ2n) is 10.1. The molecule has 1 amide bonds. The second-order valence-corrected chi connectivity index (χ2v) is 10.1. The summed E-state index contributed by atoms with van der Waals surface area (Å²) in [5, 5.41) is 9.63. The van der Waals surface area contributed by atoms with Crippen LogP contribution in [0.4, 0.5) is 23.2 Å². The van der Waals surface area contributed by atoms with Crippen LogP contribution in [0, 0.1) is 11.7 Å². The summed E-state index contributed by atoms with van der Waals surface area (Å²) in [5.41, 5.74) is 13.0. The fraction of sp³-hybridized carbons (Fsp3) is 0.267. The van der Waals surface area contributed by atoms with Gasteiger partial charge >= 0.3 is 6.18 Å². The van der Waals surface area contributed by atoms with Crippen LogP contribution in [0.1, 0.15) is 57.3 Å². The number of carbonyl (C=O) groups is 1. The molecule has 3 aromatic carbocycles. The molecule has 7 nitrogen and oxygen atoms in total. The summed E-state index contributed by atoms with van der Waals surface area (Å²) in [6, 6.07) is 18.8. The minimum atomic E-state index is -4.79. The highest BCUT2D eigenvalue weighted by Crippen LogP contribution is 2.33. The fourth-order valence-electron chi connectivity index (χ4n) is 4.58. The lowest BCUT2D eigenvalue weighted by molar-refractivity contribution is -0.141. The summed E-state index contributed by atoms with van der Waals surface area (Å²) in [6.45, 7) is 1.31. The van der Waals surface area contributed by atoms with Crippen molar-refractivity contribution < 1.29 is 22.4 Å². The van der Waals surface area contributed by atoms with Gasteiger partial charge in [-0.1, -0.05) is 42.5 Å². The van der Waals surface area contributed by atoms with Crippen LogP contribution < -0.4 is 22.1 Å². The summed E-state index contributed by atoms with van der Waals surface area (Å²) in [5.74, 6) is -1.10. The van der Waals surface area contributed by atoms with E-state index in [1.165, 1.54) is 24.3 Å². The number of nitrogens with zero attached hydrogens (tertiary/aromatic N) is 2. The first-order chi connectivity index (χ1) is 19.7. The van der Waals surface area contributed by atoms with Gasteiger partial charge in [0.1, 0.15) is 11.5 Å². The predicted molar refractivity (Wildman–Crippen MR) is 148 cm³/mol. The van der Waals surface area contributed by atoms with Crippen molar-refractivity contribution in [3.05, 3.63) is 112 Å². The Morgan fingerprint density at radius 1 is 0.951 bits per heavy atom. The summed E-state index contributed by atoms with van der Waals surface area (Å²) in [6.07, 6.45) is -2.52. The third-order valence-electron chi connectivity index (χ3n) is 7.05. The highest BCUT2D eigenvalue weighted by molar-refractivity contribution is 6.03. The first-order valence-corrected chi connectivity index (χ1v) is 13.3. The molecule has 0 radical (unpaired) electrons. The molecule has 1 fully saturated rings. The Balaban J connectivity index is 1.48. The number of alkyl halides is 3. The molecule has 1 heterocycles. The van der Waals surface area contributed by atoms with Gasteiger partial charge in [0.2, 0.25) is 0 Å². The van der Waals surface area contributed by atoms with Crippen molar-refractivity contribution in [3.8, 4) is 5.69 Å². The number of rotatable bonds is 10. The molecule has 1 aliphatic rings. The van der Waals surface area contributed by atoms with Gasteiger partial charge in [-0.3, -0.25) is 4.79 Å². The minimum absolute atomic E-state index is 0.145. The van der Waals surface area contributed by atoms with Gasteiger partial charge in [-0.15, -0.1) is 0 Å². The highest BCUT2D eigenvalue weighted by Gasteiger charge is 2.36. The molecular weight excluding hydrogens is 536 g/mol. The molecule has 0 bridgehead atoms. The molecule has 0 spiro atoms. The normalized spacial score (nSPS) is 14.2. The molecule has 0 saturated heterocycles. The Morgan fingerprint density at radius 3 is 2.32 bits per heavy atom. The van der Waals surface area contributed by atoms with E-state index in [0.717, 1.165) is 35.2 Å². The fourth-order valence-corrected chi connectivity index (χ4v) is 4.58. The Labute approximate surface area is 234 Å². The molecule has 1 unspecified atom stereocenters. The molecule has 4 aromatic rings. The van der Waals surface area contributed by atoms with E-state index in [0.29, 0.717) is 29.7 Å². The Hall–Kier alpha value is -4.06. The summed E-state index contributed by atoms with van der Waals surface area (Å²) >= 11 is 0. The van der Waals surface area contributed by atoms with E-state index in [-0.39, 0.29) is 24.0 Å². The molecule has 1 saturated carbocycles. The molecule has 1 aliphatic carbocycles. The highest BCUT2D eigenvalue weighted by atomic mass is 19.4. The zero-order valence-electron chi connectivity index (χ0n) is 22.1. The maximum Gasteiger partial charge on any atom is 0.435 e. The lowest BCUT2D eigenvalue weighted by atomic mass is 9.96. The van der Waals surface area contributed by atoms with Crippen LogP contribution in [0.2, 0.25) is 0 Å². The average Bonchev–Trinajstić information content (AvgIpc) is 3.68. The Morgan fingerprint density at radius 2 is 1.66 bits per heavy atom. The van der Waals surface area contributed by atoms with Crippen molar-refractivity contribution >= 4 is 11.6 Å². The summed E-state index contributed by atoms with van der Waals surface area (Å²) in [7, 11) is 0. The lowest BCUT2D eigenvalue weighted by Crippen LogP contribution is -2.25. The van der Waals surface area contributed by atoms with Gasteiger partial charge in [-0.05, 0) is 71.8 Å². The standard InChI is InChI=1S/C30H30F4N6O/c31-24-11-10-22(28(37-17-19-4-5-19)21-8-6-18(15-35)7-9-21)13-25(24)38-29(41)26-14-27(30(32,33)34)39-40(26)23-3-1-2-20(12-23)16-36/h1-3,6-14,19,28,37H,4-5,15-17,35-36H2,(H,38,41). The van der Waals surface area contributed by atoms with Crippen molar-refractivity contribution in [2.45, 2.75) is 38.1 Å². The summed E-state index contributed by atoms with van der Waals surface area (Å²) < 4.78 is 56.6. The maximum atomic E-state index is 15.0. The van der Waals surface area contributed by atoms with E-state index in [2.05, 4.69) is 15.7 Å². The molecule has 6 N–H and O–H groups in total. The number of halogens is 4. The van der Waals surface area contributed by atoms with Crippen LogP contribution in [-0.4, -0.2) is 22.2 Å². The van der Waals surface area contributed by atoms with Crippen LogP contribution in [0.15, 0.2) is 72.8 Å². The van der Waals surface area contributed by atoms with Crippen LogP contribution in [0.3, 0.4) is 0 Å². The van der Waals surface area contributed by atoms with Gasteiger partial charge in [0.25, 0.3) is 5.91 Å². The molecule has 1 aromatic heterocycles. The van der Waals surface area contributed by atoms with Crippen molar-refractivity contribution in [1.82, 2.24) is 15.1 Å². The molecule has 214 valence electrons. The van der Waals surface area contributed by atoms with Gasteiger partial charge in [-0.25, -0.2) is 9.07 Å². The van der Waals surface area contributed by atoms with Crippen LogP contribution >= 0.6 is 0 Å². The minimum Gasteiger partial charge on any atom is -0.326 e. The SMILES string of the molecule is NCc1ccc(C(NCC2CC2)c2ccc(F)c(NC(=O)c3cc(C(F)(F)F)nn3-c3cccc(CN)c3)c2)cc1. The topological polar surface area (TPSA) is 111 Å². The zero-order valence-corrected chi connectivity index (χ0v) is 22.1. The van der Waals surface area contributed by atoms with E-state index in [9.17, 15) is 22.4 Å². The molecule has 41 heavy (non-hydrogen) atoms. The average molecular weight is 567 g/mol. The Bertz CT molecular complexity index is 1530. The smallest absolute Gasteiger partial charge is 0.326 e. The van der Waals surface area contributed by atoms with Crippen molar-refractivity contribution in [2.75, 3.05) is 11.9 Å². The van der Waals surface area contributed by atoms with E-state index in [1.807, 2.05) is 24.3 Å². The number of anilines is 1. The van der Waals surface area contributed by atoms with E-state index in [1.54, 1.807) is 18.2 Å². The molecule has 11 heteroatoms. The van der Waals surface area contributed by atoms with Crippen molar-refractivity contribution in [3.63, 3.8) is 0 Å². The zero-order chi connectivity index (χ0) is 29.1. The monoisotopic (exact) mass is 566 g/mol. The third kappa shape index (κ3) is 6.64. The van der Waals surface area contributed by atoms with E-state index in [4.69, 9.17) is 11.5 Å². The number of benzene rings is 3. The van der Waals surface area contributed by atoms with Crippen LogP contribution in [-0.2, 0) is 19.3 Å². The maximum absolute atomic E-state index is 15.0. The number of amides is 1. The van der Waals surface area contributed by atoms with Crippen LogP contribution in [0.25, 0.3) is 5.69 Å². The van der Waals surface area contributed by atoms with Gasteiger partial charge in [0, 0.05) is 19.2 Å². The first kappa shape index (κ1) is 28.5. The van der Waals surface area contributed by atoms with Gasteiger partial charge in [0.05, 0.1) is 17.4 Å². The number of hydrogen-bond donors (Lipinski definition) is 4. The number of carbonyl (C=O) groups excluding carboxylic acids is 1. The number of nitrogens with one attached hydrogen (secondary N) is 2. The molecule has 1 atom stereocenters. The number of hydrogen-bond acceptors (Lipinski definition) is 5. The summed E-state index contributed by atoms with van der Waals surface area (Å²) in [4.78, 5) is 13.3. The van der Waals surface area contributed by atoms with Gasteiger partial charge in [-0.2, -0.15) is 18.3 Å². The van der Waals surface area contributed by atoms with Gasteiger partial charge in [0.15, 0.2) is 5.69 Å². The van der Waals surface area contributed by atoms with Crippen molar-refractivity contribution in [1.29, 1.82) is 0 Å².